The molecule has 0 spiro atoms. The SMILES string of the molecule is CCOC(=O)c1nc2c(C)cccn2c1N=Nc1ccccc1C#N. The number of aryl methyl sites for hydroxylation is 1. The van der Waals surface area contributed by atoms with Crippen LogP contribution in [0.1, 0.15) is 28.5 Å². The van der Waals surface area contributed by atoms with E-state index in [1.807, 2.05) is 19.1 Å². The zero-order chi connectivity index (χ0) is 17.8. The third-order valence-electron chi connectivity index (χ3n) is 3.57. The molecule has 0 saturated heterocycles. The number of nitriles is 1. The Morgan fingerprint density at radius 3 is 2.84 bits per heavy atom. The van der Waals surface area contributed by atoms with Crippen LogP contribution in [0.2, 0.25) is 0 Å². The van der Waals surface area contributed by atoms with Crippen LogP contribution in [0.4, 0.5) is 11.5 Å². The topological polar surface area (TPSA) is 92.1 Å². The summed E-state index contributed by atoms with van der Waals surface area (Å²) >= 11 is 0. The van der Waals surface area contributed by atoms with E-state index < -0.39 is 5.97 Å². The van der Waals surface area contributed by atoms with E-state index in [4.69, 9.17) is 10.00 Å². The highest BCUT2D eigenvalue weighted by atomic mass is 16.5. The molecule has 0 radical (unpaired) electrons. The van der Waals surface area contributed by atoms with Gasteiger partial charge in [-0.3, -0.25) is 4.40 Å². The Labute approximate surface area is 144 Å². The van der Waals surface area contributed by atoms with Crippen LogP contribution in [-0.4, -0.2) is 22.0 Å². The van der Waals surface area contributed by atoms with Gasteiger partial charge in [-0.1, -0.05) is 18.2 Å². The van der Waals surface area contributed by atoms with Gasteiger partial charge in [0.1, 0.15) is 17.4 Å². The van der Waals surface area contributed by atoms with Gasteiger partial charge in [-0.05, 0) is 37.6 Å². The largest absolute Gasteiger partial charge is 0.461 e. The standard InChI is InChI=1S/C18H15N5O2/c1-3-25-18(24)15-17(23-10-6-7-12(2)16(23)20-15)22-21-14-9-5-4-8-13(14)11-19/h4-10H,3H2,1-2H3. The van der Waals surface area contributed by atoms with E-state index in [1.165, 1.54) is 0 Å². The fourth-order valence-corrected chi connectivity index (χ4v) is 2.38. The zero-order valence-corrected chi connectivity index (χ0v) is 13.8. The Kier molecular flexibility index (Phi) is 4.53. The van der Waals surface area contributed by atoms with Gasteiger partial charge in [0.25, 0.3) is 0 Å². The molecule has 0 amide bonds. The van der Waals surface area contributed by atoms with Crippen molar-refractivity contribution in [3.8, 4) is 6.07 Å². The van der Waals surface area contributed by atoms with Gasteiger partial charge in [-0.15, -0.1) is 10.2 Å². The predicted molar refractivity (Wildman–Crippen MR) is 91.2 cm³/mol. The van der Waals surface area contributed by atoms with Gasteiger partial charge >= 0.3 is 5.97 Å². The smallest absolute Gasteiger partial charge is 0.360 e. The molecular weight excluding hydrogens is 318 g/mol. The van der Waals surface area contributed by atoms with Crippen LogP contribution < -0.4 is 0 Å². The Balaban J connectivity index is 2.15. The van der Waals surface area contributed by atoms with Crippen molar-refractivity contribution in [3.05, 3.63) is 59.4 Å². The number of pyridine rings is 1. The van der Waals surface area contributed by atoms with Gasteiger partial charge in [0.15, 0.2) is 11.5 Å². The maximum Gasteiger partial charge on any atom is 0.360 e. The fraction of sp³-hybridized carbons (Fsp3) is 0.167. The molecule has 0 unspecified atom stereocenters. The molecule has 0 fully saturated rings. The molecule has 0 saturated carbocycles. The summed E-state index contributed by atoms with van der Waals surface area (Å²) in [5.74, 6) is -0.294. The molecule has 1 aromatic carbocycles. The Morgan fingerprint density at radius 1 is 1.28 bits per heavy atom. The van der Waals surface area contributed by atoms with E-state index in [1.54, 1.807) is 41.8 Å². The number of imidazole rings is 1. The lowest BCUT2D eigenvalue weighted by molar-refractivity contribution is 0.0521. The van der Waals surface area contributed by atoms with Crippen molar-refractivity contribution in [2.75, 3.05) is 6.61 Å². The second-order valence-electron chi connectivity index (χ2n) is 5.22. The molecule has 124 valence electrons. The van der Waals surface area contributed by atoms with Crippen molar-refractivity contribution in [1.29, 1.82) is 5.26 Å². The van der Waals surface area contributed by atoms with Crippen LogP contribution in [0.25, 0.3) is 5.65 Å². The van der Waals surface area contributed by atoms with Crippen LogP contribution in [0, 0.1) is 18.3 Å². The first-order valence-electron chi connectivity index (χ1n) is 7.71. The molecular formula is C18H15N5O2. The third-order valence-corrected chi connectivity index (χ3v) is 3.57. The average molecular weight is 333 g/mol. The lowest BCUT2D eigenvalue weighted by Gasteiger charge is -2.00. The normalized spacial score (nSPS) is 10.9. The lowest BCUT2D eigenvalue weighted by atomic mass is 10.2. The Bertz CT molecular complexity index is 1010. The zero-order valence-electron chi connectivity index (χ0n) is 13.8. The minimum Gasteiger partial charge on any atom is -0.461 e. The minimum absolute atomic E-state index is 0.0920. The van der Waals surface area contributed by atoms with Crippen molar-refractivity contribution in [1.82, 2.24) is 9.38 Å². The van der Waals surface area contributed by atoms with E-state index in [-0.39, 0.29) is 18.1 Å². The molecule has 7 nitrogen and oxygen atoms in total. The van der Waals surface area contributed by atoms with Gasteiger partial charge in [0.05, 0.1) is 12.2 Å². The second kappa shape index (κ2) is 6.93. The molecule has 0 aliphatic rings. The molecule has 2 aromatic heterocycles. The van der Waals surface area contributed by atoms with Crippen molar-refractivity contribution in [3.63, 3.8) is 0 Å². The number of esters is 1. The molecule has 3 aromatic rings. The number of rotatable bonds is 4. The van der Waals surface area contributed by atoms with Gasteiger partial charge in [0.2, 0.25) is 0 Å². The van der Waals surface area contributed by atoms with Gasteiger partial charge in [0, 0.05) is 6.20 Å². The summed E-state index contributed by atoms with van der Waals surface area (Å²) in [5.41, 5.74) is 2.41. The quantitative estimate of drug-likeness (QED) is 0.530. The fourth-order valence-electron chi connectivity index (χ4n) is 2.38. The van der Waals surface area contributed by atoms with E-state index >= 15 is 0 Å². The van der Waals surface area contributed by atoms with Crippen LogP contribution in [0.3, 0.4) is 0 Å². The van der Waals surface area contributed by atoms with Crippen LogP contribution >= 0.6 is 0 Å². The highest BCUT2D eigenvalue weighted by molar-refractivity contribution is 5.93. The number of nitrogens with zero attached hydrogens (tertiary/aromatic N) is 5. The third kappa shape index (κ3) is 3.10. The minimum atomic E-state index is -0.562. The Morgan fingerprint density at radius 2 is 2.08 bits per heavy atom. The number of aromatic nitrogens is 2. The summed E-state index contributed by atoms with van der Waals surface area (Å²) in [5, 5.41) is 17.5. The summed E-state index contributed by atoms with van der Waals surface area (Å²) in [7, 11) is 0. The number of ether oxygens (including phenoxy) is 1. The highest BCUT2D eigenvalue weighted by Crippen LogP contribution is 2.27. The van der Waals surface area contributed by atoms with E-state index in [2.05, 4.69) is 21.3 Å². The summed E-state index contributed by atoms with van der Waals surface area (Å²) in [6, 6.07) is 12.6. The van der Waals surface area contributed by atoms with E-state index in [0.717, 1.165) is 5.56 Å². The number of carbonyl (C=O) groups excluding carboxylic acids is 1. The summed E-state index contributed by atoms with van der Waals surface area (Å²) in [6.45, 7) is 3.85. The maximum atomic E-state index is 12.2. The number of hydrogen-bond donors (Lipinski definition) is 0. The van der Waals surface area contributed by atoms with Gasteiger partial charge in [-0.25, -0.2) is 9.78 Å². The first-order chi connectivity index (χ1) is 12.2. The molecule has 3 rings (SSSR count). The van der Waals surface area contributed by atoms with Crippen molar-refractivity contribution in [2.45, 2.75) is 13.8 Å². The number of fused-ring (bicyclic) bond motifs is 1. The predicted octanol–water partition coefficient (Wildman–Crippen LogP) is 4.11. The number of carbonyl (C=O) groups is 1. The van der Waals surface area contributed by atoms with Crippen LogP contribution in [0.15, 0.2) is 52.8 Å². The highest BCUT2D eigenvalue weighted by Gasteiger charge is 2.21. The molecule has 25 heavy (non-hydrogen) atoms. The molecule has 7 heteroatoms. The maximum absolute atomic E-state index is 12.2. The second-order valence-corrected chi connectivity index (χ2v) is 5.22. The van der Waals surface area contributed by atoms with Crippen molar-refractivity contribution >= 4 is 23.1 Å². The first-order valence-corrected chi connectivity index (χ1v) is 7.71. The Hall–Kier alpha value is -3.53. The number of benzene rings is 1. The van der Waals surface area contributed by atoms with Crippen LogP contribution in [-0.2, 0) is 4.74 Å². The first kappa shape index (κ1) is 16.3. The van der Waals surface area contributed by atoms with Gasteiger partial charge < -0.3 is 4.74 Å². The van der Waals surface area contributed by atoms with E-state index in [9.17, 15) is 4.79 Å². The van der Waals surface area contributed by atoms with Crippen molar-refractivity contribution < 1.29 is 9.53 Å². The molecule has 0 aliphatic heterocycles. The van der Waals surface area contributed by atoms with E-state index in [0.29, 0.717) is 16.9 Å². The lowest BCUT2D eigenvalue weighted by Crippen LogP contribution is -2.05. The average Bonchev–Trinajstić information content (AvgIpc) is 3.00. The molecule has 0 bridgehead atoms. The number of azo groups is 1. The van der Waals surface area contributed by atoms with Crippen molar-refractivity contribution in [2.24, 2.45) is 10.2 Å². The molecule has 0 aliphatic carbocycles. The summed E-state index contributed by atoms with van der Waals surface area (Å²) < 4.78 is 6.75. The summed E-state index contributed by atoms with van der Waals surface area (Å²) in [4.78, 5) is 16.6. The monoisotopic (exact) mass is 333 g/mol. The molecule has 2 heterocycles. The molecule has 0 N–H and O–H groups in total. The van der Waals surface area contributed by atoms with Gasteiger partial charge in [-0.2, -0.15) is 5.26 Å². The summed E-state index contributed by atoms with van der Waals surface area (Å²) in [6.07, 6.45) is 1.75. The molecule has 0 atom stereocenters. The van der Waals surface area contributed by atoms with Crippen LogP contribution in [0.5, 0.6) is 0 Å². The number of hydrogen-bond acceptors (Lipinski definition) is 6.